The van der Waals surface area contributed by atoms with Gasteiger partial charge in [-0.2, -0.15) is 0 Å². The van der Waals surface area contributed by atoms with Crippen LogP contribution < -0.4 is 5.32 Å². The van der Waals surface area contributed by atoms with Crippen molar-refractivity contribution in [3.63, 3.8) is 0 Å². The molecule has 1 N–H and O–H groups in total. The highest BCUT2D eigenvalue weighted by molar-refractivity contribution is 5.19. The van der Waals surface area contributed by atoms with Gasteiger partial charge in [-0.1, -0.05) is 6.07 Å². The minimum absolute atomic E-state index is 0.130. The molecule has 17 heavy (non-hydrogen) atoms. The van der Waals surface area contributed by atoms with Gasteiger partial charge in [0.25, 0.3) is 0 Å². The lowest BCUT2D eigenvalue weighted by Gasteiger charge is -2.24. The predicted octanol–water partition coefficient (Wildman–Crippen LogP) is 1.71. The highest BCUT2D eigenvalue weighted by atomic mass is 19.2. The molecule has 96 valence electrons. The van der Waals surface area contributed by atoms with Crippen LogP contribution in [0.1, 0.15) is 5.56 Å². The second kappa shape index (κ2) is 6.64. The van der Waals surface area contributed by atoms with Crippen LogP contribution in [-0.2, 0) is 15.9 Å². The molecule has 0 bridgehead atoms. The maximum absolute atomic E-state index is 13.0. The van der Waals surface area contributed by atoms with Crippen molar-refractivity contribution in [2.45, 2.75) is 18.8 Å². The van der Waals surface area contributed by atoms with Gasteiger partial charge in [-0.25, -0.2) is 8.78 Å². The van der Waals surface area contributed by atoms with E-state index in [1.165, 1.54) is 20.3 Å². The lowest BCUT2D eigenvalue weighted by Crippen LogP contribution is -2.41. The van der Waals surface area contributed by atoms with E-state index in [0.717, 1.165) is 6.07 Å². The molecule has 3 nitrogen and oxygen atoms in total. The third-order valence-electron chi connectivity index (χ3n) is 2.60. The fourth-order valence-electron chi connectivity index (χ4n) is 1.68. The van der Waals surface area contributed by atoms with Crippen LogP contribution >= 0.6 is 0 Å². The summed E-state index contributed by atoms with van der Waals surface area (Å²) >= 11 is 0. The molecule has 0 aromatic heterocycles. The average Bonchev–Trinajstić information content (AvgIpc) is 2.33. The molecular formula is C12H17F2NO2. The molecule has 0 radical (unpaired) electrons. The van der Waals surface area contributed by atoms with E-state index in [4.69, 9.17) is 9.47 Å². The fraction of sp³-hybridized carbons (Fsp3) is 0.500. The zero-order valence-electron chi connectivity index (χ0n) is 10.2. The van der Waals surface area contributed by atoms with Gasteiger partial charge < -0.3 is 14.8 Å². The summed E-state index contributed by atoms with van der Waals surface area (Å²) in [5.74, 6) is -1.69. The Bertz CT molecular complexity index is 356. The maximum atomic E-state index is 13.0. The molecule has 0 spiro atoms. The predicted molar refractivity (Wildman–Crippen MR) is 60.7 cm³/mol. The highest BCUT2D eigenvalue weighted by Gasteiger charge is 2.19. The number of methoxy groups -OCH3 is 2. The Balaban J connectivity index is 2.76. The van der Waals surface area contributed by atoms with Crippen LogP contribution in [0.3, 0.4) is 0 Å². The minimum Gasteiger partial charge on any atom is -0.354 e. The van der Waals surface area contributed by atoms with E-state index in [9.17, 15) is 8.78 Å². The summed E-state index contributed by atoms with van der Waals surface area (Å²) in [4.78, 5) is 0. The first kappa shape index (κ1) is 14.0. The van der Waals surface area contributed by atoms with E-state index in [-0.39, 0.29) is 6.04 Å². The number of rotatable bonds is 6. The Labute approximate surface area is 99.7 Å². The van der Waals surface area contributed by atoms with Gasteiger partial charge in [-0.3, -0.25) is 0 Å². The number of likely N-dealkylation sites (N-methyl/N-ethyl adjacent to an activating group) is 1. The molecule has 1 aromatic rings. The average molecular weight is 245 g/mol. The highest BCUT2D eigenvalue weighted by Crippen LogP contribution is 2.12. The molecule has 0 fully saturated rings. The molecule has 0 aliphatic heterocycles. The van der Waals surface area contributed by atoms with Gasteiger partial charge in [0.15, 0.2) is 17.9 Å². The SMILES string of the molecule is CNC(Cc1ccc(F)c(F)c1)C(OC)OC. The molecule has 0 saturated carbocycles. The number of nitrogens with one attached hydrogen (secondary N) is 1. The summed E-state index contributed by atoms with van der Waals surface area (Å²) < 4.78 is 36.1. The number of hydrogen-bond donors (Lipinski definition) is 1. The van der Waals surface area contributed by atoms with Crippen molar-refractivity contribution in [1.29, 1.82) is 0 Å². The monoisotopic (exact) mass is 245 g/mol. The van der Waals surface area contributed by atoms with E-state index in [1.54, 1.807) is 13.1 Å². The maximum Gasteiger partial charge on any atom is 0.172 e. The van der Waals surface area contributed by atoms with E-state index >= 15 is 0 Å². The van der Waals surface area contributed by atoms with Crippen LogP contribution in [0.25, 0.3) is 0 Å². The van der Waals surface area contributed by atoms with Crippen LogP contribution in [0.4, 0.5) is 8.78 Å². The van der Waals surface area contributed by atoms with E-state index < -0.39 is 17.9 Å². The van der Waals surface area contributed by atoms with Gasteiger partial charge >= 0.3 is 0 Å². The molecule has 0 heterocycles. The number of halogens is 2. The van der Waals surface area contributed by atoms with Crippen LogP contribution in [0.5, 0.6) is 0 Å². The topological polar surface area (TPSA) is 30.5 Å². The van der Waals surface area contributed by atoms with Crippen molar-refractivity contribution in [3.8, 4) is 0 Å². The van der Waals surface area contributed by atoms with E-state index in [1.807, 2.05) is 0 Å². The molecule has 0 saturated heterocycles. The first-order valence-corrected chi connectivity index (χ1v) is 5.29. The minimum atomic E-state index is -0.844. The Kier molecular flexibility index (Phi) is 5.47. The third-order valence-corrected chi connectivity index (χ3v) is 2.60. The summed E-state index contributed by atoms with van der Waals surface area (Å²) in [6.07, 6.45) is 0.0492. The first-order valence-electron chi connectivity index (χ1n) is 5.29. The van der Waals surface area contributed by atoms with Crippen molar-refractivity contribution < 1.29 is 18.3 Å². The zero-order valence-corrected chi connectivity index (χ0v) is 10.2. The summed E-state index contributed by atoms with van der Waals surface area (Å²) in [7, 11) is 4.82. The molecular weight excluding hydrogens is 228 g/mol. The van der Waals surface area contributed by atoms with Gasteiger partial charge in [-0.05, 0) is 31.2 Å². The van der Waals surface area contributed by atoms with Crippen molar-refractivity contribution in [1.82, 2.24) is 5.32 Å². The number of hydrogen-bond acceptors (Lipinski definition) is 3. The molecule has 1 atom stereocenters. The molecule has 0 aliphatic rings. The lowest BCUT2D eigenvalue weighted by molar-refractivity contribution is -0.121. The van der Waals surface area contributed by atoms with Crippen molar-refractivity contribution in [3.05, 3.63) is 35.4 Å². The summed E-state index contributed by atoms with van der Waals surface area (Å²) in [5.41, 5.74) is 0.683. The van der Waals surface area contributed by atoms with E-state index in [0.29, 0.717) is 12.0 Å². The molecule has 0 aliphatic carbocycles. The van der Waals surface area contributed by atoms with Gasteiger partial charge in [0.1, 0.15) is 0 Å². The van der Waals surface area contributed by atoms with Gasteiger partial charge in [-0.15, -0.1) is 0 Å². The zero-order chi connectivity index (χ0) is 12.8. The van der Waals surface area contributed by atoms with Crippen LogP contribution in [0.2, 0.25) is 0 Å². The Morgan fingerprint density at radius 3 is 2.29 bits per heavy atom. The molecule has 0 amide bonds. The molecule has 1 aromatic carbocycles. The Morgan fingerprint density at radius 1 is 1.18 bits per heavy atom. The Morgan fingerprint density at radius 2 is 1.82 bits per heavy atom. The molecule has 1 unspecified atom stereocenters. The number of ether oxygens (including phenoxy) is 2. The largest absolute Gasteiger partial charge is 0.354 e. The first-order chi connectivity index (χ1) is 8.12. The standard InChI is InChI=1S/C12H17F2NO2/c1-15-11(12(16-2)17-3)7-8-4-5-9(13)10(14)6-8/h4-6,11-12,15H,7H2,1-3H3. The molecule has 5 heteroatoms. The normalized spacial score (nSPS) is 13.1. The van der Waals surface area contributed by atoms with Crippen LogP contribution in [0.15, 0.2) is 18.2 Å². The van der Waals surface area contributed by atoms with Gasteiger partial charge in [0.2, 0.25) is 0 Å². The Hall–Kier alpha value is -1.04. The van der Waals surface area contributed by atoms with Crippen LogP contribution in [0, 0.1) is 11.6 Å². The summed E-state index contributed by atoms with van der Waals surface area (Å²) in [5, 5.41) is 3.02. The second-order valence-corrected chi connectivity index (χ2v) is 3.69. The lowest BCUT2D eigenvalue weighted by atomic mass is 10.1. The van der Waals surface area contributed by atoms with E-state index in [2.05, 4.69) is 5.32 Å². The summed E-state index contributed by atoms with van der Waals surface area (Å²) in [6.45, 7) is 0. The van der Waals surface area contributed by atoms with Crippen LogP contribution in [-0.4, -0.2) is 33.6 Å². The van der Waals surface area contributed by atoms with Crippen molar-refractivity contribution in [2.75, 3.05) is 21.3 Å². The molecule has 1 rings (SSSR count). The third kappa shape index (κ3) is 3.73. The number of benzene rings is 1. The fourth-order valence-corrected chi connectivity index (χ4v) is 1.68. The second-order valence-electron chi connectivity index (χ2n) is 3.69. The van der Waals surface area contributed by atoms with Crippen molar-refractivity contribution >= 4 is 0 Å². The van der Waals surface area contributed by atoms with Crippen molar-refractivity contribution in [2.24, 2.45) is 0 Å². The smallest absolute Gasteiger partial charge is 0.172 e. The quantitative estimate of drug-likeness (QED) is 0.774. The van der Waals surface area contributed by atoms with Gasteiger partial charge in [0, 0.05) is 14.2 Å². The van der Waals surface area contributed by atoms with Gasteiger partial charge in [0.05, 0.1) is 6.04 Å². The summed E-state index contributed by atoms with van der Waals surface area (Å²) in [6, 6.07) is 3.72.